The van der Waals surface area contributed by atoms with E-state index in [-0.39, 0.29) is 0 Å². The molecule has 0 aromatic heterocycles. The van der Waals surface area contributed by atoms with Gasteiger partial charge in [-0.05, 0) is 19.0 Å². The van der Waals surface area contributed by atoms with Gasteiger partial charge in [0, 0.05) is 24.1 Å². The Balaban J connectivity index is 2.45. The highest BCUT2D eigenvalue weighted by atomic mass is 16.5. The van der Waals surface area contributed by atoms with E-state index in [2.05, 4.69) is 5.32 Å². The van der Waals surface area contributed by atoms with E-state index in [9.17, 15) is 0 Å². The number of ether oxygens (including phenoxy) is 3. The third kappa shape index (κ3) is 2.31. The molecule has 1 saturated heterocycles. The summed E-state index contributed by atoms with van der Waals surface area (Å²) in [5.74, 6) is 2.83. The van der Waals surface area contributed by atoms with Crippen LogP contribution in [0.1, 0.15) is 17.9 Å². The minimum atomic E-state index is 0.467. The second kappa shape index (κ2) is 5.27. The first kappa shape index (κ1) is 12.0. The van der Waals surface area contributed by atoms with Gasteiger partial charge in [-0.1, -0.05) is 0 Å². The van der Waals surface area contributed by atoms with E-state index in [4.69, 9.17) is 14.2 Å². The van der Waals surface area contributed by atoms with Crippen molar-refractivity contribution in [2.24, 2.45) is 0 Å². The summed E-state index contributed by atoms with van der Waals surface area (Å²) in [5, 5.41) is 3.36. The first-order valence-electron chi connectivity index (χ1n) is 5.80. The van der Waals surface area contributed by atoms with Crippen molar-refractivity contribution in [1.82, 2.24) is 5.32 Å². The molecule has 0 spiro atoms. The molecule has 1 atom stereocenters. The third-order valence-electron chi connectivity index (χ3n) is 3.22. The maximum atomic E-state index is 5.47. The maximum absolute atomic E-state index is 5.47. The molecule has 1 aliphatic rings. The van der Waals surface area contributed by atoms with Gasteiger partial charge in [0.25, 0.3) is 0 Å². The molecule has 1 aliphatic heterocycles. The molecule has 0 unspecified atom stereocenters. The van der Waals surface area contributed by atoms with Crippen LogP contribution >= 0.6 is 0 Å². The number of hydrogen-bond acceptors (Lipinski definition) is 4. The van der Waals surface area contributed by atoms with E-state index in [0.29, 0.717) is 5.92 Å². The van der Waals surface area contributed by atoms with Crippen LogP contribution in [0.3, 0.4) is 0 Å². The number of hydrogen-bond donors (Lipinski definition) is 1. The lowest BCUT2D eigenvalue weighted by atomic mass is 9.96. The molecule has 17 heavy (non-hydrogen) atoms. The van der Waals surface area contributed by atoms with Gasteiger partial charge in [0.1, 0.15) is 5.75 Å². The predicted octanol–water partition coefficient (Wildman–Crippen LogP) is 1.79. The lowest BCUT2D eigenvalue weighted by Gasteiger charge is -2.18. The van der Waals surface area contributed by atoms with E-state index in [1.807, 2.05) is 12.1 Å². The van der Waals surface area contributed by atoms with Crippen LogP contribution in [0.15, 0.2) is 12.1 Å². The van der Waals surface area contributed by atoms with E-state index in [0.717, 1.165) is 42.3 Å². The van der Waals surface area contributed by atoms with Crippen molar-refractivity contribution < 1.29 is 14.2 Å². The number of benzene rings is 1. The van der Waals surface area contributed by atoms with Crippen molar-refractivity contribution in [3.05, 3.63) is 17.7 Å². The topological polar surface area (TPSA) is 39.7 Å². The van der Waals surface area contributed by atoms with Crippen LogP contribution in [-0.4, -0.2) is 34.4 Å². The number of nitrogens with one attached hydrogen (secondary N) is 1. The van der Waals surface area contributed by atoms with Gasteiger partial charge in [0.2, 0.25) is 0 Å². The Morgan fingerprint density at radius 3 is 2.47 bits per heavy atom. The standard InChI is InChI=1S/C13H19NO3/c1-15-10-6-11(9-4-5-14-8-9)13(17-3)12(7-10)16-2/h6-7,9,14H,4-5,8H2,1-3H3/t9-/m0/s1. The smallest absolute Gasteiger partial charge is 0.164 e. The molecule has 4 nitrogen and oxygen atoms in total. The Kier molecular flexibility index (Phi) is 3.74. The Bertz CT molecular complexity index is 386. The van der Waals surface area contributed by atoms with Gasteiger partial charge in [0.15, 0.2) is 11.5 Å². The fourth-order valence-corrected chi connectivity index (χ4v) is 2.31. The Morgan fingerprint density at radius 2 is 1.94 bits per heavy atom. The summed E-state index contributed by atoms with van der Waals surface area (Å²) in [6.45, 7) is 2.03. The number of rotatable bonds is 4. The average Bonchev–Trinajstić information content (AvgIpc) is 2.90. The highest BCUT2D eigenvalue weighted by Crippen LogP contribution is 2.40. The monoisotopic (exact) mass is 237 g/mol. The lowest BCUT2D eigenvalue weighted by Crippen LogP contribution is -2.09. The zero-order chi connectivity index (χ0) is 12.3. The highest BCUT2D eigenvalue weighted by Gasteiger charge is 2.23. The molecule has 0 radical (unpaired) electrons. The molecule has 0 bridgehead atoms. The molecule has 2 rings (SSSR count). The molecule has 1 aromatic rings. The van der Waals surface area contributed by atoms with Crippen molar-refractivity contribution in [1.29, 1.82) is 0 Å². The van der Waals surface area contributed by atoms with Crippen LogP contribution in [0.5, 0.6) is 17.2 Å². The molecule has 1 fully saturated rings. The van der Waals surface area contributed by atoms with Gasteiger partial charge in [-0.15, -0.1) is 0 Å². The van der Waals surface area contributed by atoms with Crippen LogP contribution in [0.2, 0.25) is 0 Å². The molecular weight excluding hydrogens is 218 g/mol. The third-order valence-corrected chi connectivity index (χ3v) is 3.22. The van der Waals surface area contributed by atoms with Gasteiger partial charge >= 0.3 is 0 Å². The zero-order valence-electron chi connectivity index (χ0n) is 10.6. The first-order valence-corrected chi connectivity index (χ1v) is 5.80. The molecule has 94 valence electrons. The fraction of sp³-hybridized carbons (Fsp3) is 0.538. The molecule has 0 saturated carbocycles. The Labute approximate surface area is 102 Å². The zero-order valence-corrected chi connectivity index (χ0v) is 10.6. The van der Waals surface area contributed by atoms with E-state index in [1.165, 1.54) is 0 Å². The van der Waals surface area contributed by atoms with Crippen LogP contribution in [0, 0.1) is 0 Å². The van der Waals surface area contributed by atoms with Gasteiger partial charge in [-0.25, -0.2) is 0 Å². The number of methoxy groups -OCH3 is 3. The average molecular weight is 237 g/mol. The van der Waals surface area contributed by atoms with Crippen LogP contribution in [-0.2, 0) is 0 Å². The van der Waals surface area contributed by atoms with Crippen molar-refractivity contribution in [2.45, 2.75) is 12.3 Å². The van der Waals surface area contributed by atoms with E-state index in [1.54, 1.807) is 21.3 Å². The van der Waals surface area contributed by atoms with Crippen molar-refractivity contribution in [2.75, 3.05) is 34.4 Å². The van der Waals surface area contributed by atoms with Gasteiger partial charge in [-0.2, -0.15) is 0 Å². The highest BCUT2D eigenvalue weighted by molar-refractivity contribution is 5.53. The van der Waals surface area contributed by atoms with Gasteiger partial charge in [-0.3, -0.25) is 0 Å². The minimum absolute atomic E-state index is 0.467. The second-order valence-electron chi connectivity index (χ2n) is 4.14. The molecule has 1 heterocycles. The van der Waals surface area contributed by atoms with Crippen LogP contribution in [0.25, 0.3) is 0 Å². The molecule has 0 amide bonds. The summed E-state index contributed by atoms with van der Waals surface area (Å²) in [7, 11) is 4.99. The molecule has 4 heteroatoms. The van der Waals surface area contributed by atoms with E-state index < -0.39 is 0 Å². The summed E-state index contributed by atoms with van der Waals surface area (Å²) >= 11 is 0. The second-order valence-corrected chi connectivity index (χ2v) is 4.14. The summed E-state index contributed by atoms with van der Waals surface area (Å²) in [6.07, 6.45) is 1.12. The fourth-order valence-electron chi connectivity index (χ4n) is 2.31. The molecular formula is C13H19NO3. The van der Waals surface area contributed by atoms with Crippen LogP contribution in [0.4, 0.5) is 0 Å². The van der Waals surface area contributed by atoms with E-state index >= 15 is 0 Å². The van der Waals surface area contributed by atoms with Crippen LogP contribution < -0.4 is 19.5 Å². The summed E-state index contributed by atoms with van der Waals surface area (Å²) in [4.78, 5) is 0. The lowest BCUT2D eigenvalue weighted by molar-refractivity contribution is 0.343. The van der Waals surface area contributed by atoms with Crippen molar-refractivity contribution in [3.63, 3.8) is 0 Å². The largest absolute Gasteiger partial charge is 0.497 e. The van der Waals surface area contributed by atoms with Gasteiger partial charge in [0.05, 0.1) is 21.3 Å². The molecule has 1 N–H and O–H groups in total. The van der Waals surface area contributed by atoms with Gasteiger partial charge < -0.3 is 19.5 Å². The molecule has 1 aromatic carbocycles. The van der Waals surface area contributed by atoms with Crippen molar-refractivity contribution >= 4 is 0 Å². The first-order chi connectivity index (χ1) is 8.30. The maximum Gasteiger partial charge on any atom is 0.164 e. The van der Waals surface area contributed by atoms with Crippen molar-refractivity contribution in [3.8, 4) is 17.2 Å². The quantitative estimate of drug-likeness (QED) is 0.866. The SMILES string of the molecule is COc1cc(OC)c(OC)c([C@H]2CCNC2)c1. The summed E-state index contributed by atoms with van der Waals surface area (Å²) < 4.78 is 16.1. The normalized spacial score (nSPS) is 19.1. The molecule has 0 aliphatic carbocycles. The Hall–Kier alpha value is -1.42. The summed E-state index contributed by atoms with van der Waals surface area (Å²) in [5.41, 5.74) is 1.16. The summed E-state index contributed by atoms with van der Waals surface area (Å²) in [6, 6.07) is 3.89. The predicted molar refractivity (Wildman–Crippen MR) is 66.3 cm³/mol. The minimum Gasteiger partial charge on any atom is -0.497 e. The Morgan fingerprint density at radius 1 is 1.12 bits per heavy atom.